The van der Waals surface area contributed by atoms with Gasteiger partial charge in [-0.05, 0) is 53.9 Å². The summed E-state index contributed by atoms with van der Waals surface area (Å²) in [6.45, 7) is 5.64. The van der Waals surface area contributed by atoms with Gasteiger partial charge in [0.15, 0.2) is 5.13 Å². The summed E-state index contributed by atoms with van der Waals surface area (Å²) in [5.41, 5.74) is 7.68. The average molecular weight is 390 g/mol. The minimum absolute atomic E-state index is 0.161. The summed E-state index contributed by atoms with van der Waals surface area (Å²) in [4.78, 5) is 5.47. The van der Waals surface area contributed by atoms with E-state index in [2.05, 4.69) is 25.6 Å². The lowest BCUT2D eigenvalue weighted by atomic mass is 10.2. The molecule has 2 rings (SSSR count). The third-order valence-electron chi connectivity index (χ3n) is 3.03. The molecule has 5 nitrogen and oxygen atoms in total. The largest absolute Gasteiger partial charge is 0.398 e. The molecule has 1 aromatic carbocycles. The van der Waals surface area contributed by atoms with Gasteiger partial charge in [-0.25, -0.2) is 13.4 Å². The zero-order valence-corrected chi connectivity index (χ0v) is 15.1. The number of aromatic nitrogens is 1. The average Bonchev–Trinajstić information content (AvgIpc) is 2.72. The quantitative estimate of drug-likeness (QED) is 0.783. The second-order valence-electron chi connectivity index (χ2n) is 4.62. The Kier molecular flexibility index (Phi) is 4.60. The normalized spacial score (nSPS) is 11.6. The van der Waals surface area contributed by atoms with Crippen molar-refractivity contribution in [3.05, 3.63) is 32.7 Å². The van der Waals surface area contributed by atoms with Crippen molar-refractivity contribution in [3.8, 4) is 0 Å². The molecule has 0 aliphatic carbocycles. The second-order valence-corrected chi connectivity index (χ2v) is 8.33. The van der Waals surface area contributed by atoms with Crippen LogP contribution in [0.3, 0.4) is 0 Å². The lowest BCUT2D eigenvalue weighted by Gasteiger charge is -2.10. The van der Waals surface area contributed by atoms with Gasteiger partial charge in [-0.2, -0.15) is 0 Å². The molecule has 0 amide bonds. The van der Waals surface area contributed by atoms with E-state index < -0.39 is 10.0 Å². The zero-order chi connectivity index (χ0) is 15.8. The molecule has 0 saturated carbocycles. The minimum atomic E-state index is -3.70. The molecule has 1 heterocycles. The third kappa shape index (κ3) is 3.38. The number of hydrogen-bond acceptors (Lipinski definition) is 5. The highest BCUT2D eigenvalue weighted by molar-refractivity contribution is 9.10. The molecule has 0 aliphatic heterocycles. The molecule has 0 fully saturated rings. The predicted molar refractivity (Wildman–Crippen MR) is 90.3 cm³/mol. The van der Waals surface area contributed by atoms with E-state index in [0.29, 0.717) is 20.9 Å². The van der Waals surface area contributed by atoms with Crippen LogP contribution in [-0.2, 0) is 16.4 Å². The van der Waals surface area contributed by atoms with E-state index >= 15 is 0 Å². The summed E-state index contributed by atoms with van der Waals surface area (Å²) in [5.74, 6) is 0. The van der Waals surface area contributed by atoms with E-state index in [1.807, 2.05) is 13.8 Å². The van der Waals surface area contributed by atoms with Crippen LogP contribution in [0.1, 0.15) is 23.1 Å². The van der Waals surface area contributed by atoms with E-state index in [1.54, 1.807) is 13.0 Å². The molecule has 8 heteroatoms. The number of hydrogen-bond donors (Lipinski definition) is 2. The molecule has 0 bridgehead atoms. The van der Waals surface area contributed by atoms with Gasteiger partial charge < -0.3 is 5.73 Å². The number of rotatable bonds is 4. The van der Waals surface area contributed by atoms with E-state index in [1.165, 1.54) is 17.4 Å². The summed E-state index contributed by atoms with van der Waals surface area (Å²) < 4.78 is 28.2. The number of nitrogens with one attached hydrogen (secondary N) is 1. The molecule has 21 heavy (non-hydrogen) atoms. The first-order valence-electron chi connectivity index (χ1n) is 6.29. The van der Waals surface area contributed by atoms with Crippen molar-refractivity contribution < 1.29 is 8.42 Å². The van der Waals surface area contributed by atoms with Crippen LogP contribution in [0.2, 0.25) is 0 Å². The van der Waals surface area contributed by atoms with Crippen LogP contribution in [-0.4, -0.2) is 13.4 Å². The SMILES string of the molecule is CCc1nc(NS(=O)(=O)c2cc(N)c(Br)cc2C)sc1C. The Morgan fingerprint density at radius 1 is 1.38 bits per heavy atom. The molecule has 0 saturated heterocycles. The number of halogens is 1. The fourth-order valence-corrected chi connectivity index (χ4v) is 4.79. The Morgan fingerprint density at radius 2 is 2.05 bits per heavy atom. The Balaban J connectivity index is 2.40. The maximum atomic E-state index is 12.5. The van der Waals surface area contributed by atoms with Crippen LogP contribution in [0.4, 0.5) is 10.8 Å². The van der Waals surface area contributed by atoms with Gasteiger partial charge in [-0.1, -0.05) is 6.92 Å². The van der Waals surface area contributed by atoms with Crippen LogP contribution in [0.25, 0.3) is 0 Å². The summed E-state index contributed by atoms with van der Waals surface area (Å²) in [6.07, 6.45) is 0.772. The van der Waals surface area contributed by atoms with Crippen LogP contribution in [0.5, 0.6) is 0 Å². The van der Waals surface area contributed by atoms with E-state index in [0.717, 1.165) is 17.0 Å². The minimum Gasteiger partial charge on any atom is -0.398 e. The third-order valence-corrected chi connectivity index (χ3v) is 6.26. The van der Waals surface area contributed by atoms with Crippen LogP contribution < -0.4 is 10.5 Å². The first kappa shape index (κ1) is 16.3. The van der Waals surface area contributed by atoms with Gasteiger partial charge in [0.2, 0.25) is 0 Å². The highest BCUT2D eigenvalue weighted by atomic mass is 79.9. The monoisotopic (exact) mass is 389 g/mol. The maximum absolute atomic E-state index is 12.5. The number of nitrogens with two attached hydrogens (primary N) is 1. The summed E-state index contributed by atoms with van der Waals surface area (Å²) in [5, 5.41) is 0.380. The van der Waals surface area contributed by atoms with Gasteiger partial charge in [0.1, 0.15) is 0 Å². The van der Waals surface area contributed by atoms with Crippen molar-refractivity contribution in [2.24, 2.45) is 0 Å². The first-order valence-corrected chi connectivity index (χ1v) is 9.38. The smallest absolute Gasteiger partial charge is 0.264 e. The van der Waals surface area contributed by atoms with Crippen LogP contribution in [0.15, 0.2) is 21.5 Å². The van der Waals surface area contributed by atoms with E-state index in [9.17, 15) is 8.42 Å². The summed E-state index contributed by atoms with van der Waals surface area (Å²) in [6, 6.07) is 3.14. The highest BCUT2D eigenvalue weighted by Crippen LogP contribution is 2.29. The number of nitrogens with zero attached hydrogens (tertiary/aromatic N) is 1. The van der Waals surface area contributed by atoms with Crippen molar-refractivity contribution in [1.29, 1.82) is 0 Å². The number of thiazole rings is 1. The fourth-order valence-electron chi connectivity index (χ4n) is 1.93. The summed E-state index contributed by atoms with van der Waals surface area (Å²) in [7, 11) is -3.70. The highest BCUT2D eigenvalue weighted by Gasteiger charge is 2.20. The number of anilines is 2. The number of benzene rings is 1. The summed E-state index contributed by atoms with van der Waals surface area (Å²) >= 11 is 4.62. The molecule has 0 aliphatic rings. The molecule has 0 radical (unpaired) electrons. The molecule has 114 valence electrons. The van der Waals surface area contributed by atoms with Crippen LogP contribution in [0, 0.1) is 13.8 Å². The Hall–Kier alpha value is -1.12. The Labute approximate surface area is 136 Å². The second kappa shape index (κ2) is 5.94. The van der Waals surface area contributed by atoms with Gasteiger partial charge in [-0.15, -0.1) is 11.3 Å². The fraction of sp³-hybridized carbons (Fsp3) is 0.308. The number of sulfonamides is 1. The van der Waals surface area contributed by atoms with Crippen molar-refractivity contribution in [2.75, 3.05) is 10.5 Å². The van der Waals surface area contributed by atoms with Crippen molar-refractivity contribution in [3.63, 3.8) is 0 Å². The molecule has 0 atom stereocenters. The molecule has 0 spiro atoms. The van der Waals surface area contributed by atoms with Gasteiger partial charge in [0, 0.05) is 15.0 Å². The molecular formula is C13H16BrN3O2S2. The molecule has 3 N–H and O–H groups in total. The van der Waals surface area contributed by atoms with E-state index in [-0.39, 0.29) is 4.90 Å². The molecular weight excluding hydrogens is 374 g/mol. The van der Waals surface area contributed by atoms with Gasteiger partial charge in [0.25, 0.3) is 10.0 Å². The topological polar surface area (TPSA) is 85.1 Å². The number of aryl methyl sites for hydroxylation is 3. The van der Waals surface area contributed by atoms with Crippen molar-refractivity contribution in [1.82, 2.24) is 4.98 Å². The van der Waals surface area contributed by atoms with Gasteiger partial charge >= 0.3 is 0 Å². The Morgan fingerprint density at radius 3 is 2.62 bits per heavy atom. The van der Waals surface area contributed by atoms with Gasteiger partial charge in [-0.3, -0.25) is 4.72 Å². The van der Waals surface area contributed by atoms with Crippen molar-refractivity contribution in [2.45, 2.75) is 32.1 Å². The standard InChI is InChI=1S/C13H16BrN3O2S2/c1-4-11-8(3)20-13(16-11)17-21(18,19)12-6-10(15)9(14)5-7(12)2/h5-6H,4,15H2,1-3H3,(H,16,17). The molecule has 1 aromatic heterocycles. The lowest BCUT2D eigenvalue weighted by Crippen LogP contribution is -2.14. The number of nitrogen functional groups attached to an aromatic ring is 1. The lowest BCUT2D eigenvalue weighted by molar-refractivity contribution is 0.600. The Bertz CT molecular complexity index is 785. The zero-order valence-electron chi connectivity index (χ0n) is 11.9. The van der Waals surface area contributed by atoms with Crippen LogP contribution >= 0.6 is 27.3 Å². The maximum Gasteiger partial charge on any atom is 0.264 e. The van der Waals surface area contributed by atoms with Gasteiger partial charge in [0.05, 0.1) is 10.6 Å². The molecule has 0 unspecified atom stereocenters. The first-order chi connectivity index (χ1) is 9.74. The van der Waals surface area contributed by atoms with E-state index in [4.69, 9.17) is 5.73 Å². The predicted octanol–water partition coefficient (Wildman–Crippen LogP) is 3.47. The molecule has 2 aromatic rings. The van der Waals surface area contributed by atoms with Crippen molar-refractivity contribution >= 4 is 48.1 Å².